The molecule has 0 aliphatic heterocycles. The fraction of sp³-hybridized carbons (Fsp3) is 0.455. The van der Waals surface area contributed by atoms with Crippen molar-refractivity contribution < 1.29 is 5.11 Å². The molecule has 0 atom stereocenters. The number of aliphatic hydroxyl groups excluding tert-OH is 1. The van der Waals surface area contributed by atoms with Crippen molar-refractivity contribution in [2.45, 2.75) is 24.8 Å². The Morgan fingerprint density at radius 2 is 2.33 bits per heavy atom. The number of hydrogen-bond donors (Lipinski definition) is 2. The predicted molar refractivity (Wildman–Crippen MR) is 56.2 cm³/mol. The summed E-state index contributed by atoms with van der Waals surface area (Å²) in [6, 6.07) is 5.51. The molecule has 1 heterocycles. The van der Waals surface area contributed by atoms with E-state index in [1.807, 2.05) is 6.07 Å². The van der Waals surface area contributed by atoms with E-state index in [0.717, 1.165) is 25.1 Å². The second-order valence-corrected chi connectivity index (χ2v) is 3.96. The number of nitrogens with zero attached hydrogens (tertiary/aromatic N) is 2. The van der Waals surface area contributed by atoms with Gasteiger partial charge in [0.1, 0.15) is 11.9 Å². The molecule has 1 fully saturated rings. The van der Waals surface area contributed by atoms with Gasteiger partial charge in [0.05, 0.1) is 17.7 Å². The SMILES string of the molecule is N#Cc1ccc(NC2(CO)CCC2)nc1. The van der Waals surface area contributed by atoms with Crippen LogP contribution >= 0.6 is 0 Å². The molecule has 0 amide bonds. The van der Waals surface area contributed by atoms with E-state index in [0.29, 0.717) is 5.56 Å². The average Bonchev–Trinajstić information content (AvgIpc) is 2.24. The molecule has 0 saturated heterocycles. The Morgan fingerprint density at radius 3 is 2.73 bits per heavy atom. The molecule has 0 aromatic carbocycles. The monoisotopic (exact) mass is 203 g/mol. The number of pyridine rings is 1. The minimum atomic E-state index is -0.179. The Morgan fingerprint density at radius 1 is 1.53 bits per heavy atom. The molecule has 1 aliphatic carbocycles. The maximum Gasteiger partial charge on any atom is 0.126 e. The van der Waals surface area contributed by atoms with Crippen molar-refractivity contribution >= 4 is 5.82 Å². The molecule has 4 heteroatoms. The van der Waals surface area contributed by atoms with Gasteiger partial charge >= 0.3 is 0 Å². The molecule has 2 N–H and O–H groups in total. The summed E-state index contributed by atoms with van der Waals surface area (Å²) in [6.07, 6.45) is 4.63. The second-order valence-electron chi connectivity index (χ2n) is 3.96. The lowest BCUT2D eigenvalue weighted by Crippen LogP contribution is -2.48. The minimum Gasteiger partial charge on any atom is -0.394 e. The summed E-state index contributed by atoms with van der Waals surface area (Å²) in [5.74, 6) is 0.725. The lowest BCUT2D eigenvalue weighted by atomic mass is 9.77. The van der Waals surface area contributed by atoms with Crippen molar-refractivity contribution in [3.63, 3.8) is 0 Å². The Hall–Kier alpha value is -1.60. The number of hydrogen-bond acceptors (Lipinski definition) is 4. The topological polar surface area (TPSA) is 68.9 Å². The molecule has 4 nitrogen and oxygen atoms in total. The maximum absolute atomic E-state index is 9.26. The summed E-state index contributed by atoms with van der Waals surface area (Å²) in [6.45, 7) is 0.134. The lowest BCUT2D eigenvalue weighted by molar-refractivity contribution is 0.144. The van der Waals surface area contributed by atoms with Crippen LogP contribution in [0, 0.1) is 11.3 Å². The molecule has 1 aromatic rings. The van der Waals surface area contributed by atoms with Gasteiger partial charge in [0, 0.05) is 6.20 Å². The van der Waals surface area contributed by atoms with Crippen LogP contribution < -0.4 is 5.32 Å². The summed E-state index contributed by atoms with van der Waals surface area (Å²) in [4.78, 5) is 4.12. The molecule has 0 unspecified atom stereocenters. The zero-order valence-electron chi connectivity index (χ0n) is 8.40. The number of nitrogens with one attached hydrogen (secondary N) is 1. The quantitative estimate of drug-likeness (QED) is 0.776. The van der Waals surface area contributed by atoms with E-state index in [-0.39, 0.29) is 12.1 Å². The van der Waals surface area contributed by atoms with Gasteiger partial charge < -0.3 is 10.4 Å². The second kappa shape index (κ2) is 3.87. The highest BCUT2D eigenvalue weighted by atomic mass is 16.3. The number of aromatic nitrogens is 1. The van der Waals surface area contributed by atoms with Gasteiger partial charge in [-0.1, -0.05) is 0 Å². The number of anilines is 1. The lowest BCUT2D eigenvalue weighted by Gasteiger charge is -2.41. The van der Waals surface area contributed by atoms with Crippen LogP contribution in [0.4, 0.5) is 5.82 Å². The van der Waals surface area contributed by atoms with Crippen LogP contribution in [0.3, 0.4) is 0 Å². The third kappa shape index (κ3) is 1.92. The van der Waals surface area contributed by atoms with Crippen molar-refractivity contribution in [3.05, 3.63) is 23.9 Å². The van der Waals surface area contributed by atoms with Crippen LogP contribution in [0.2, 0.25) is 0 Å². The molecular formula is C11H13N3O. The molecular weight excluding hydrogens is 190 g/mol. The summed E-state index contributed by atoms with van der Waals surface area (Å²) in [5, 5.41) is 21.1. The van der Waals surface area contributed by atoms with Gasteiger partial charge in [-0.25, -0.2) is 4.98 Å². The van der Waals surface area contributed by atoms with Gasteiger partial charge in [-0.3, -0.25) is 0 Å². The van der Waals surface area contributed by atoms with Gasteiger partial charge in [-0.05, 0) is 31.4 Å². The zero-order chi connectivity index (χ0) is 10.7. The van der Waals surface area contributed by atoms with Crippen molar-refractivity contribution in [2.75, 3.05) is 11.9 Å². The fourth-order valence-electron chi connectivity index (χ4n) is 1.73. The zero-order valence-corrected chi connectivity index (χ0v) is 8.40. The van der Waals surface area contributed by atoms with Crippen molar-refractivity contribution in [1.82, 2.24) is 4.98 Å². The van der Waals surface area contributed by atoms with E-state index in [1.54, 1.807) is 12.1 Å². The first-order valence-corrected chi connectivity index (χ1v) is 5.03. The first-order valence-electron chi connectivity index (χ1n) is 5.03. The van der Waals surface area contributed by atoms with Crippen LogP contribution in [0.25, 0.3) is 0 Å². The first kappa shape index (κ1) is 9.94. The minimum absolute atomic E-state index is 0.134. The third-order valence-corrected chi connectivity index (χ3v) is 2.90. The number of nitriles is 1. The van der Waals surface area contributed by atoms with E-state index >= 15 is 0 Å². The third-order valence-electron chi connectivity index (χ3n) is 2.90. The molecule has 1 saturated carbocycles. The Labute approximate surface area is 88.6 Å². The Bertz CT molecular complexity index is 370. The van der Waals surface area contributed by atoms with Gasteiger partial charge in [-0.15, -0.1) is 0 Å². The Balaban J connectivity index is 2.08. The molecule has 0 bridgehead atoms. The summed E-state index contributed by atoms with van der Waals surface area (Å²) in [7, 11) is 0. The average molecular weight is 203 g/mol. The summed E-state index contributed by atoms with van der Waals surface area (Å²) in [5.41, 5.74) is 0.369. The normalized spacial score (nSPS) is 17.6. The van der Waals surface area contributed by atoms with E-state index in [4.69, 9.17) is 5.26 Å². The van der Waals surface area contributed by atoms with Crippen molar-refractivity contribution in [3.8, 4) is 6.07 Å². The molecule has 15 heavy (non-hydrogen) atoms. The van der Waals surface area contributed by atoms with Crippen LogP contribution in [0.1, 0.15) is 24.8 Å². The Kier molecular flexibility index (Phi) is 2.57. The molecule has 1 aliphatic rings. The molecule has 2 rings (SSSR count). The number of aliphatic hydroxyl groups is 1. The van der Waals surface area contributed by atoms with Crippen LogP contribution in [0.15, 0.2) is 18.3 Å². The van der Waals surface area contributed by atoms with Gasteiger partial charge in [-0.2, -0.15) is 5.26 Å². The smallest absolute Gasteiger partial charge is 0.126 e. The summed E-state index contributed by atoms with van der Waals surface area (Å²) < 4.78 is 0. The summed E-state index contributed by atoms with van der Waals surface area (Å²) >= 11 is 0. The van der Waals surface area contributed by atoms with Gasteiger partial charge in [0.2, 0.25) is 0 Å². The van der Waals surface area contributed by atoms with Crippen LogP contribution in [-0.2, 0) is 0 Å². The number of rotatable bonds is 3. The van der Waals surface area contributed by atoms with Crippen LogP contribution in [-0.4, -0.2) is 22.2 Å². The van der Waals surface area contributed by atoms with Gasteiger partial charge in [0.15, 0.2) is 0 Å². The molecule has 1 aromatic heterocycles. The first-order chi connectivity index (χ1) is 7.28. The standard InChI is InChI=1S/C11H13N3O/c12-6-9-2-3-10(13-7-9)14-11(8-15)4-1-5-11/h2-3,7,15H,1,4-5,8H2,(H,13,14). The van der Waals surface area contributed by atoms with Crippen molar-refractivity contribution in [1.29, 1.82) is 5.26 Å². The molecule has 0 spiro atoms. The van der Waals surface area contributed by atoms with E-state index in [9.17, 15) is 5.11 Å². The largest absolute Gasteiger partial charge is 0.394 e. The molecule has 78 valence electrons. The van der Waals surface area contributed by atoms with Crippen LogP contribution in [0.5, 0.6) is 0 Å². The highest BCUT2D eigenvalue weighted by Gasteiger charge is 2.36. The van der Waals surface area contributed by atoms with E-state index in [2.05, 4.69) is 10.3 Å². The predicted octanol–water partition coefficient (Wildman–Crippen LogP) is 1.28. The molecule has 0 radical (unpaired) electrons. The van der Waals surface area contributed by atoms with Gasteiger partial charge in [0.25, 0.3) is 0 Å². The van der Waals surface area contributed by atoms with E-state index < -0.39 is 0 Å². The highest BCUT2D eigenvalue weighted by Crippen LogP contribution is 2.34. The van der Waals surface area contributed by atoms with Crippen molar-refractivity contribution in [2.24, 2.45) is 0 Å². The highest BCUT2D eigenvalue weighted by molar-refractivity contribution is 5.42. The maximum atomic E-state index is 9.26. The fourth-order valence-corrected chi connectivity index (χ4v) is 1.73. The van der Waals surface area contributed by atoms with E-state index in [1.165, 1.54) is 6.20 Å².